The van der Waals surface area contributed by atoms with Gasteiger partial charge in [-0.3, -0.25) is 9.59 Å². The summed E-state index contributed by atoms with van der Waals surface area (Å²) in [5.41, 5.74) is 1.15. The molecule has 2 aliphatic rings. The maximum Gasteiger partial charge on any atom is 0.282 e. The highest BCUT2D eigenvalue weighted by Crippen LogP contribution is 2.35. The average Bonchev–Trinajstić information content (AvgIpc) is 2.93. The molecule has 4 rings (SSSR count). The van der Waals surface area contributed by atoms with Gasteiger partial charge in [0.2, 0.25) is 0 Å². The van der Waals surface area contributed by atoms with Crippen molar-refractivity contribution in [2.24, 2.45) is 0 Å². The molecule has 1 fully saturated rings. The minimum absolute atomic E-state index is 0.179. The molecular weight excluding hydrogens is 364 g/mol. The van der Waals surface area contributed by atoms with E-state index >= 15 is 0 Å². The van der Waals surface area contributed by atoms with Crippen molar-refractivity contribution in [3.05, 3.63) is 71.4 Å². The van der Waals surface area contributed by atoms with Crippen LogP contribution in [0.5, 0.6) is 0 Å². The molecule has 28 heavy (non-hydrogen) atoms. The summed E-state index contributed by atoms with van der Waals surface area (Å²) in [6.07, 6.45) is 0. The van der Waals surface area contributed by atoms with E-state index in [0.29, 0.717) is 18.7 Å². The smallest absolute Gasteiger partial charge is 0.282 e. The summed E-state index contributed by atoms with van der Waals surface area (Å²) in [5, 5.41) is 0. The van der Waals surface area contributed by atoms with Crippen molar-refractivity contribution in [1.82, 2.24) is 9.80 Å². The number of hydrogen-bond donors (Lipinski definition) is 0. The van der Waals surface area contributed by atoms with E-state index in [1.807, 2.05) is 11.9 Å². The Morgan fingerprint density at radius 2 is 1.50 bits per heavy atom. The topological polar surface area (TPSA) is 43.9 Å². The van der Waals surface area contributed by atoms with E-state index in [4.69, 9.17) is 0 Å². The third kappa shape index (κ3) is 3.18. The lowest BCUT2D eigenvalue weighted by atomic mass is 10.0. The van der Waals surface area contributed by atoms with Gasteiger partial charge >= 0.3 is 0 Å². The van der Waals surface area contributed by atoms with Crippen LogP contribution in [0.15, 0.2) is 54.2 Å². The number of imide groups is 1. The van der Waals surface area contributed by atoms with Crippen molar-refractivity contribution in [1.29, 1.82) is 0 Å². The van der Waals surface area contributed by atoms with Crippen molar-refractivity contribution in [2.45, 2.75) is 0 Å². The number of amides is 2. The highest BCUT2D eigenvalue weighted by Gasteiger charge is 2.43. The number of piperazine rings is 1. The van der Waals surface area contributed by atoms with Gasteiger partial charge in [-0.1, -0.05) is 18.2 Å². The summed E-state index contributed by atoms with van der Waals surface area (Å²) in [5.74, 6) is -1.98. The van der Waals surface area contributed by atoms with Gasteiger partial charge in [0.25, 0.3) is 11.8 Å². The Labute approximate surface area is 161 Å². The minimum Gasteiger partial charge on any atom is -0.364 e. The van der Waals surface area contributed by atoms with Crippen molar-refractivity contribution >= 4 is 23.1 Å². The van der Waals surface area contributed by atoms with Crippen LogP contribution in [0.25, 0.3) is 5.57 Å². The highest BCUT2D eigenvalue weighted by molar-refractivity contribution is 6.45. The number of likely N-dealkylation sites (N-methyl/N-ethyl adjacent to an activating group) is 1. The first kappa shape index (κ1) is 18.3. The molecule has 7 heteroatoms. The molecule has 0 radical (unpaired) electrons. The molecule has 2 heterocycles. The van der Waals surface area contributed by atoms with Gasteiger partial charge in [-0.15, -0.1) is 0 Å². The Bertz CT molecular complexity index is 964. The van der Waals surface area contributed by atoms with Crippen molar-refractivity contribution in [2.75, 3.05) is 38.1 Å². The third-order valence-corrected chi connectivity index (χ3v) is 5.08. The highest BCUT2D eigenvalue weighted by atomic mass is 19.1. The zero-order valence-corrected chi connectivity index (χ0v) is 15.4. The minimum atomic E-state index is -0.533. The number of nitrogens with zero attached hydrogens (tertiary/aromatic N) is 3. The summed E-state index contributed by atoms with van der Waals surface area (Å²) in [4.78, 5) is 31.5. The van der Waals surface area contributed by atoms with Gasteiger partial charge < -0.3 is 9.80 Å². The maximum absolute atomic E-state index is 13.7. The lowest BCUT2D eigenvalue weighted by Crippen LogP contribution is -2.46. The molecule has 1 saturated heterocycles. The first-order valence-corrected chi connectivity index (χ1v) is 9.04. The number of anilines is 1. The van der Waals surface area contributed by atoms with Gasteiger partial charge in [-0.05, 0) is 42.9 Å². The predicted molar refractivity (Wildman–Crippen MR) is 101 cm³/mol. The SMILES string of the molecule is CN1CCN(C2=C(c3ccc(F)cc3)C(=O)N(c3cccc(F)c3)C2=O)CC1. The van der Waals surface area contributed by atoms with Crippen molar-refractivity contribution < 1.29 is 18.4 Å². The second-order valence-corrected chi connectivity index (χ2v) is 6.95. The van der Waals surface area contributed by atoms with Gasteiger partial charge in [-0.25, -0.2) is 13.7 Å². The standard InChI is InChI=1S/C21H19F2N3O2/c1-24-9-11-25(12-10-24)19-18(14-5-7-15(22)8-6-14)20(27)26(21(19)28)17-4-2-3-16(23)13-17/h2-8,13H,9-12H2,1H3. The Morgan fingerprint density at radius 3 is 2.14 bits per heavy atom. The van der Waals surface area contributed by atoms with Crippen LogP contribution in [0.3, 0.4) is 0 Å². The van der Waals surface area contributed by atoms with E-state index in [0.717, 1.165) is 24.1 Å². The Kier molecular flexibility index (Phi) is 4.68. The zero-order chi connectivity index (χ0) is 19.8. The lowest BCUT2D eigenvalue weighted by Gasteiger charge is -2.34. The maximum atomic E-state index is 13.7. The van der Waals surface area contributed by atoms with Gasteiger partial charge in [0, 0.05) is 26.2 Å². The molecule has 2 amide bonds. The van der Waals surface area contributed by atoms with Crippen LogP contribution < -0.4 is 4.90 Å². The number of carbonyl (C=O) groups is 2. The largest absolute Gasteiger partial charge is 0.364 e. The van der Waals surface area contributed by atoms with E-state index in [9.17, 15) is 18.4 Å². The van der Waals surface area contributed by atoms with Gasteiger partial charge in [0.1, 0.15) is 17.3 Å². The Morgan fingerprint density at radius 1 is 0.821 bits per heavy atom. The molecule has 2 aromatic rings. The van der Waals surface area contributed by atoms with Crippen LogP contribution in [0.2, 0.25) is 0 Å². The number of halogens is 2. The summed E-state index contributed by atoms with van der Waals surface area (Å²) in [6, 6.07) is 10.9. The fourth-order valence-corrected chi connectivity index (χ4v) is 3.57. The van der Waals surface area contributed by atoms with Crippen LogP contribution >= 0.6 is 0 Å². The fourth-order valence-electron chi connectivity index (χ4n) is 3.57. The van der Waals surface area contributed by atoms with Crippen LogP contribution in [-0.2, 0) is 9.59 Å². The monoisotopic (exact) mass is 383 g/mol. The molecule has 0 aromatic heterocycles. The second kappa shape index (κ2) is 7.16. The van der Waals surface area contributed by atoms with E-state index in [1.54, 1.807) is 0 Å². The van der Waals surface area contributed by atoms with Crippen LogP contribution in [-0.4, -0.2) is 54.8 Å². The van der Waals surface area contributed by atoms with Crippen molar-refractivity contribution in [3.63, 3.8) is 0 Å². The van der Waals surface area contributed by atoms with Crippen LogP contribution in [0.1, 0.15) is 5.56 Å². The molecule has 0 atom stereocenters. The van der Waals surface area contributed by atoms with Gasteiger partial charge in [0.05, 0.1) is 11.3 Å². The first-order valence-electron chi connectivity index (χ1n) is 9.04. The Hall–Kier alpha value is -3.06. The average molecular weight is 383 g/mol. The summed E-state index contributed by atoms with van der Waals surface area (Å²) in [7, 11) is 1.99. The number of benzene rings is 2. The molecule has 0 bridgehead atoms. The predicted octanol–water partition coefficient (Wildman–Crippen LogP) is 2.50. The Balaban J connectivity index is 1.81. The molecule has 144 valence electrons. The summed E-state index contributed by atoms with van der Waals surface area (Å²) < 4.78 is 27.1. The van der Waals surface area contributed by atoms with Crippen LogP contribution in [0, 0.1) is 11.6 Å². The summed E-state index contributed by atoms with van der Waals surface area (Å²) in [6.45, 7) is 2.68. The molecule has 5 nitrogen and oxygen atoms in total. The van der Waals surface area contributed by atoms with E-state index in [-0.39, 0.29) is 17.0 Å². The van der Waals surface area contributed by atoms with E-state index in [2.05, 4.69) is 4.90 Å². The number of carbonyl (C=O) groups excluding carboxylic acids is 2. The quantitative estimate of drug-likeness (QED) is 0.764. The second-order valence-electron chi connectivity index (χ2n) is 6.95. The molecule has 0 N–H and O–H groups in total. The number of hydrogen-bond acceptors (Lipinski definition) is 4. The van der Waals surface area contributed by atoms with Crippen molar-refractivity contribution in [3.8, 4) is 0 Å². The molecule has 2 aromatic carbocycles. The number of rotatable bonds is 3. The molecule has 0 aliphatic carbocycles. The van der Waals surface area contributed by atoms with Crippen LogP contribution in [0.4, 0.5) is 14.5 Å². The van der Waals surface area contributed by atoms with Gasteiger partial charge in [0.15, 0.2) is 0 Å². The first-order chi connectivity index (χ1) is 13.5. The van der Waals surface area contributed by atoms with Gasteiger partial charge in [-0.2, -0.15) is 0 Å². The summed E-state index contributed by atoms with van der Waals surface area (Å²) >= 11 is 0. The van der Waals surface area contributed by atoms with E-state index in [1.165, 1.54) is 42.5 Å². The normalized spacial score (nSPS) is 18.4. The fraction of sp³-hybridized carbons (Fsp3) is 0.238. The molecule has 0 unspecified atom stereocenters. The zero-order valence-electron chi connectivity index (χ0n) is 15.4. The lowest BCUT2D eigenvalue weighted by molar-refractivity contribution is -0.120. The third-order valence-electron chi connectivity index (χ3n) is 5.08. The molecule has 0 saturated carbocycles. The molecule has 0 spiro atoms. The molecular formula is C21H19F2N3O2. The molecule has 2 aliphatic heterocycles. The van der Waals surface area contributed by atoms with E-state index < -0.39 is 23.4 Å².